The molecule has 1 aromatic heterocycles. The first-order chi connectivity index (χ1) is 8.16. The summed E-state index contributed by atoms with van der Waals surface area (Å²) in [6, 6.07) is 8.13. The molecular formula is C12H7Cl2N2O-. The van der Waals surface area contributed by atoms with Crippen LogP contribution in [0, 0.1) is 0 Å². The minimum absolute atomic E-state index is 0.0960. The van der Waals surface area contributed by atoms with Gasteiger partial charge in [-0.3, -0.25) is 0 Å². The predicted octanol–water partition coefficient (Wildman–Crippen LogP) is 3.21. The van der Waals surface area contributed by atoms with Crippen molar-refractivity contribution in [2.45, 2.75) is 0 Å². The molecule has 3 nitrogen and oxygen atoms in total. The van der Waals surface area contributed by atoms with E-state index in [-0.39, 0.29) is 5.75 Å². The highest BCUT2D eigenvalue weighted by atomic mass is 35.5. The maximum absolute atomic E-state index is 11.4. The number of aromatic nitrogens is 1. The molecule has 2 aromatic rings. The van der Waals surface area contributed by atoms with E-state index in [1.807, 2.05) is 0 Å². The van der Waals surface area contributed by atoms with E-state index in [2.05, 4.69) is 9.98 Å². The third-order valence-corrected chi connectivity index (χ3v) is 2.52. The van der Waals surface area contributed by atoms with Crippen LogP contribution in [-0.4, -0.2) is 11.2 Å². The van der Waals surface area contributed by atoms with Crippen LogP contribution in [0.3, 0.4) is 0 Å². The van der Waals surface area contributed by atoms with Gasteiger partial charge in [-0.05, 0) is 11.6 Å². The van der Waals surface area contributed by atoms with E-state index >= 15 is 0 Å². The Morgan fingerprint density at radius 1 is 1.24 bits per heavy atom. The lowest BCUT2D eigenvalue weighted by Crippen LogP contribution is -1.94. The number of halogens is 2. The number of nitrogens with zero attached hydrogens (tertiary/aromatic N) is 2. The lowest BCUT2D eigenvalue weighted by Gasteiger charge is -2.07. The van der Waals surface area contributed by atoms with Crippen LogP contribution >= 0.6 is 23.2 Å². The molecule has 0 N–H and O–H groups in total. The number of hydrogen-bond donors (Lipinski definition) is 0. The van der Waals surface area contributed by atoms with Gasteiger partial charge in [-0.2, -0.15) is 0 Å². The van der Waals surface area contributed by atoms with Crippen molar-refractivity contribution in [3.63, 3.8) is 0 Å². The van der Waals surface area contributed by atoms with Crippen LogP contribution in [0.15, 0.2) is 41.5 Å². The van der Waals surface area contributed by atoms with Crippen molar-refractivity contribution in [1.29, 1.82) is 0 Å². The normalized spacial score (nSPS) is 10.9. The Hall–Kier alpha value is -1.58. The van der Waals surface area contributed by atoms with Gasteiger partial charge in [0, 0.05) is 12.4 Å². The van der Waals surface area contributed by atoms with Gasteiger partial charge in [0.25, 0.3) is 0 Å². The minimum Gasteiger partial charge on any atom is -0.872 e. The molecule has 86 valence electrons. The molecular weight excluding hydrogens is 259 g/mol. The molecule has 1 heterocycles. The first-order valence-corrected chi connectivity index (χ1v) is 5.53. The van der Waals surface area contributed by atoms with Gasteiger partial charge in [-0.1, -0.05) is 47.5 Å². The fourth-order valence-corrected chi connectivity index (χ4v) is 1.65. The van der Waals surface area contributed by atoms with Gasteiger partial charge < -0.3 is 5.11 Å². The molecule has 0 atom stereocenters. The van der Waals surface area contributed by atoms with Crippen LogP contribution < -0.4 is 5.11 Å². The van der Waals surface area contributed by atoms with Crippen molar-refractivity contribution in [2.24, 2.45) is 4.99 Å². The molecule has 0 aliphatic carbocycles. The van der Waals surface area contributed by atoms with Crippen molar-refractivity contribution < 1.29 is 5.11 Å². The van der Waals surface area contributed by atoms with Crippen molar-refractivity contribution >= 4 is 35.2 Å². The van der Waals surface area contributed by atoms with Gasteiger partial charge in [0.2, 0.25) is 0 Å². The van der Waals surface area contributed by atoms with Gasteiger partial charge in [0.15, 0.2) is 5.82 Å². The Morgan fingerprint density at radius 2 is 2.00 bits per heavy atom. The lowest BCUT2D eigenvalue weighted by molar-refractivity contribution is -0.268. The van der Waals surface area contributed by atoms with E-state index in [9.17, 15) is 5.11 Å². The zero-order valence-corrected chi connectivity index (χ0v) is 10.1. The maximum Gasteiger partial charge on any atom is 0.170 e. The van der Waals surface area contributed by atoms with E-state index in [0.717, 1.165) is 0 Å². The number of pyridine rings is 1. The van der Waals surface area contributed by atoms with Crippen LogP contribution in [0.25, 0.3) is 0 Å². The van der Waals surface area contributed by atoms with Gasteiger partial charge in [-0.25, -0.2) is 9.98 Å². The summed E-state index contributed by atoms with van der Waals surface area (Å²) in [7, 11) is 0. The number of hydrogen-bond acceptors (Lipinski definition) is 3. The average molecular weight is 266 g/mol. The summed E-state index contributed by atoms with van der Waals surface area (Å²) in [5, 5.41) is 12.2. The van der Waals surface area contributed by atoms with Gasteiger partial charge >= 0.3 is 0 Å². The molecule has 1 aromatic carbocycles. The summed E-state index contributed by atoms with van der Waals surface area (Å²) in [5.74, 6) is 0.237. The number of para-hydroxylation sites is 1. The molecule has 2 rings (SSSR count). The fraction of sp³-hybridized carbons (Fsp3) is 0. The minimum atomic E-state index is -0.0960. The van der Waals surface area contributed by atoms with Crippen molar-refractivity contribution in [3.05, 3.63) is 52.1 Å². The van der Waals surface area contributed by atoms with Crippen LogP contribution in [0.1, 0.15) is 5.56 Å². The molecule has 0 saturated carbocycles. The Kier molecular flexibility index (Phi) is 3.61. The monoisotopic (exact) mass is 265 g/mol. The van der Waals surface area contributed by atoms with Gasteiger partial charge in [0.05, 0.1) is 10.0 Å². The van der Waals surface area contributed by atoms with Crippen molar-refractivity contribution in [3.8, 4) is 5.75 Å². The number of benzene rings is 1. The van der Waals surface area contributed by atoms with E-state index in [1.54, 1.807) is 24.3 Å². The molecule has 0 aliphatic heterocycles. The summed E-state index contributed by atoms with van der Waals surface area (Å²) < 4.78 is 0. The van der Waals surface area contributed by atoms with Gasteiger partial charge in [-0.15, -0.1) is 5.75 Å². The molecule has 0 amide bonds. The molecule has 0 fully saturated rings. The second-order valence-corrected chi connectivity index (χ2v) is 4.10. The molecule has 17 heavy (non-hydrogen) atoms. The van der Waals surface area contributed by atoms with Crippen molar-refractivity contribution in [2.75, 3.05) is 0 Å². The fourth-order valence-electron chi connectivity index (χ4n) is 1.22. The first-order valence-electron chi connectivity index (χ1n) is 4.78. The highest BCUT2D eigenvalue weighted by molar-refractivity contribution is 6.35. The molecule has 0 aliphatic rings. The van der Waals surface area contributed by atoms with Crippen LogP contribution in [0.5, 0.6) is 5.75 Å². The average Bonchev–Trinajstić information content (AvgIpc) is 2.30. The summed E-state index contributed by atoms with van der Waals surface area (Å²) in [5.41, 5.74) is 0.486. The SMILES string of the molecule is [O-]c1ccccc1C=Nc1ncc(Cl)cc1Cl. The molecule has 0 unspecified atom stereocenters. The Balaban J connectivity index is 2.29. The quantitative estimate of drug-likeness (QED) is 0.783. The molecule has 5 heteroatoms. The van der Waals surface area contributed by atoms with Crippen LogP contribution in [0.4, 0.5) is 5.82 Å². The predicted molar refractivity (Wildman–Crippen MR) is 67.4 cm³/mol. The van der Waals surface area contributed by atoms with Crippen LogP contribution in [0.2, 0.25) is 10.0 Å². The van der Waals surface area contributed by atoms with Gasteiger partial charge in [0.1, 0.15) is 0 Å². The lowest BCUT2D eigenvalue weighted by atomic mass is 10.2. The number of aliphatic imine (C=N–C) groups is 1. The highest BCUT2D eigenvalue weighted by Crippen LogP contribution is 2.25. The first kappa shape index (κ1) is 11.9. The molecule has 0 radical (unpaired) electrons. The van der Waals surface area contributed by atoms with E-state index in [1.165, 1.54) is 18.5 Å². The number of rotatable bonds is 2. The second-order valence-electron chi connectivity index (χ2n) is 3.25. The molecule has 0 spiro atoms. The molecule has 0 saturated heterocycles. The molecule has 0 bridgehead atoms. The van der Waals surface area contributed by atoms with E-state index in [4.69, 9.17) is 23.2 Å². The smallest absolute Gasteiger partial charge is 0.170 e. The van der Waals surface area contributed by atoms with Crippen molar-refractivity contribution in [1.82, 2.24) is 4.98 Å². The van der Waals surface area contributed by atoms with E-state index in [0.29, 0.717) is 21.4 Å². The zero-order valence-electron chi connectivity index (χ0n) is 8.60. The summed E-state index contributed by atoms with van der Waals surface area (Å²) in [6.45, 7) is 0. The summed E-state index contributed by atoms with van der Waals surface area (Å²) >= 11 is 11.6. The summed E-state index contributed by atoms with van der Waals surface area (Å²) in [6.07, 6.45) is 2.88. The zero-order chi connectivity index (χ0) is 12.3. The third-order valence-electron chi connectivity index (χ3n) is 2.03. The Morgan fingerprint density at radius 3 is 2.71 bits per heavy atom. The maximum atomic E-state index is 11.4. The third kappa shape index (κ3) is 2.96. The second kappa shape index (κ2) is 5.17. The van der Waals surface area contributed by atoms with E-state index < -0.39 is 0 Å². The summed E-state index contributed by atoms with van der Waals surface area (Å²) in [4.78, 5) is 8.01. The Bertz CT molecular complexity index is 570. The standard InChI is InChI=1S/C12H8Cl2N2O/c13-9-5-10(14)12(16-7-9)15-6-8-3-1-2-4-11(8)17/h1-7,17H/p-1. The largest absolute Gasteiger partial charge is 0.872 e. The topological polar surface area (TPSA) is 48.3 Å². The highest BCUT2D eigenvalue weighted by Gasteiger charge is 2.00. The van der Waals surface area contributed by atoms with Crippen LogP contribution in [-0.2, 0) is 0 Å². The Labute approximate surface area is 108 Å².